The van der Waals surface area contributed by atoms with Gasteiger partial charge in [-0.2, -0.15) is 10.2 Å². The Kier molecular flexibility index (Phi) is 4.91. The highest BCUT2D eigenvalue weighted by atomic mass is 35.5. The largest absolute Gasteiger partial charge is 0.322 e. The third-order valence-electron chi connectivity index (χ3n) is 3.88. The molecule has 0 aliphatic carbocycles. The molecule has 0 spiro atoms. The molecule has 0 fully saturated rings. The molecule has 0 aliphatic heterocycles. The van der Waals surface area contributed by atoms with Crippen LogP contribution >= 0.6 is 11.6 Å². The van der Waals surface area contributed by atoms with Crippen LogP contribution < -0.4 is 5.32 Å². The second-order valence-corrected chi connectivity index (χ2v) is 6.18. The Morgan fingerprint density at radius 2 is 2.15 bits per heavy atom. The first-order valence-electron chi connectivity index (χ1n) is 7.73. The maximum atomic E-state index is 13.3. The Labute approximate surface area is 157 Å². The molecule has 11 heteroatoms. The summed E-state index contributed by atoms with van der Waals surface area (Å²) >= 11 is 6.08. The molecular weight excluding hydrogens is 379 g/mol. The van der Waals surface area contributed by atoms with E-state index in [0.717, 1.165) is 0 Å². The quantitative estimate of drug-likeness (QED) is 0.530. The highest BCUT2D eigenvalue weighted by molar-refractivity contribution is 6.33. The number of nitrogens with zero attached hydrogens (tertiary/aromatic N) is 5. The average Bonchev–Trinajstić information content (AvgIpc) is 3.07. The van der Waals surface area contributed by atoms with E-state index < -0.39 is 10.8 Å². The third-order valence-corrected chi connectivity index (χ3v) is 4.16. The van der Waals surface area contributed by atoms with Crippen LogP contribution in [0.2, 0.25) is 5.02 Å². The van der Waals surface area contributed by atoms with E-state index in [1.165, 1.54) is 41.7 Å². The van der Waals surface area contributed by atoms with Gasteiger partial charge < -0.3 is 5.32 Å². The number of hydrogen-bond donors (Lipinski definition) is 1. The minimum atomic E-state index is -0.802. The van der Waals surface area contributed by atoms with Crippen LogP contribution in [0.1, 0.15) is 21.7 Å². The Morgan fingerprint density at radius 3 is 2.81 bits per heavy atom. The zero-order valence-electron chi connectivity index (χ0n) is 14.3. The molecule has 1 aromatic carbocycles. The van der Waals surface area contributed by atoms with E-state index in [0.29, 0.717) is 5.56 Å². The number of aryl methyl sites for hydroxylation is 1. The van der Waals surface area contributed by atoms with Crippen LogP contribution in [-0.4, -0.2) is 30.4 Å². The molecule has 27 heavy (non-hydrogen) atoms. The Bertz CT molecular complexity index is 1040. The smallest absolute Gasteiger partial charge is 0.302 e. The second-order valence-electron chi connectivity index (χ2n) is 5.77. The zero-order chi connectivity index (χ0) is 19.7. The van der Waals surface area contributed by atoms with Crippen LogP contribution in [-0.2, 0) is 13.6 Å². The van der Waals surface area contributed by atoms with Gasteiger partial charge in [-0.15, -0.1) is 0 Å². The molecule has 0 bridgehead atoms. The van der Waals surface area contributed by atoms with Gasteiger partial charge in [0.25, 0.3) is 5.91 Å². The number of amides is 1. The standard InChI is InChI=1S/C16H14ClFN6O3/c1-9-14(24(26)27)13(20-22(9)2)16(25)19-15-12(17)8-23(21-15)7-10-4-3-5-11(18)6-10/h3-6,8H,7H2,1-2H3,(H,19,21,25). The summed E-state index contributed by atoms with van der Waals surface area (Å²) < 4.78 is 15.9. The van der Waals surface area contributed by atoms with Crippen LogP contribution in [0.5, 0.6) is 0 Å². The number of nitro groups is 1. The van der Waals surface area contributed by atoms with Gasteiger partial charge in [-0.3, -0.25) is 24.3 Å². The molecule has 0 unspecified atom stereocenters. The normalized spacial score (nSPS) is 10.8. The minimum absolute atomic E-state index is 0.0238. The van der Waals surface area contributed by atoms with Gasteiger partial charge >= 0.3 is 5.69 Å². The molecule has 3 rings (SSSR count). The highest BCUT2D eigenvalue weighted by Crippen LogP contribution is 2.25. The summed E-state index contributed by atoms with van der Waals surface area (Å²) in [6.45, 7) is 1.72. The van der Waals surface area contributed by atoms with Crippen molar-refractivity contribution in [2.24, 2.45) is 7.05 Å². The van der Waals surface area contributed by atoms with Crippen LogP contribution in [0.25, 0.3) is 0 Å². The molecule has 0 saturated heterocycles. The van der Waals surface area contributed by atoms with Gasteiger partial charge in [0.1, 0.15) is 16.5 Å². The molecule has 1 amide bonds. The van der Waals surface area contributed by atoms with E-state index in [1.807, 2.05) is 0 Å². The van der Waals surface area contributed by atoms with Crippen molar-refractivity contribution < 1.29 is 14.1 Å². The first-order chi connectivity index (χ1) is 12.8. The molecule has 2 aromatic heterocycles. The van der Waals surface area contributed by atoms with E-state index in [-0.39, 0.29) is 40.3 Å². The Morgan fingerprint density at radius 1 is 1.41 bits per heavy atom. The SMILES string of the molecule is Cc1c([N+](=O)[O-])c(C(=O)Nc2nn(Cc3cccc(F)c3)cc2Cl)nn1C. The van der Waals surface area contributed by atoms with Gasteiger partial charge in [0.05, 0.1) is 11.5 Å². The predicted molar refractivity (Wildman–Crippen MR) is 95.3 cm³/mol. The number of nitrogens with one attached hydrogen (secondary N) is 1. The van der Waals surface area contributed by atoms with E-state index in [9.17, 15) is 19.3 Å². The molecule has 0 radical (unpaired) electrons. The summed E-state index contributed by atoms with van der Waals surface area (Å²) in [5.41, 5.74) is 0.178. The van der Waals surface area contributed by atoms with Gasteiger partial charge in [0.2, 0.25) is 5.69 Å². The monoisotopic (exact) mass is 392 g/mol. The number of aromatic nitrogens is 4. The molecule has 9 nitrogen and oxygen atoms in total. The average molecular weight is 393 g/mol. The molecule has 2 heterocycles. The lowest BCUT2D eigenvalue weighted by Crippen LogP contribution is -2.15. The summed E-state index contributed by atoms with van der Waals surface area (Å²) in [6.07, 6.45) is 1.46. The third kappa shape index (κ3) is 3.80. The van der Waals surface area contributed by atoms with Crippen molar-refractivity contribution in [3.05, 3.63) is 68.4 Å². The van der Waals surface area contributed by atoms with Gasteiger partial charge in [-0.05, 0) is 24.6 Å². The van der Waals surface area contributed by atoms with Crippen LogP contribution in [0, 0.1) is 22.9 Å². The second kappa shape index (κ2) is 7.16. The number of benzene rings is 1. The molecule has 140 valence electrons. The predicted octanol–water partition coefficient (Wildman–Crippen LogP) is 2.93. The van der Waals surface area contributed by atoms with E-state index in [2.05, 4.69) is 15.5 Å². The number of anilines is 1. The van der Waals surface area contributed by atoms with Crippen molar-refractivity contribution in [2.45, 2.75) is 13.5 Å². The number of rotatable bonds is 5. The van der Waals surface area contributed by atoms with Crippen molar-refractivity contribution in [3.8, 4) is 0 Å². The Balaban J connectivity index is 1.82. The van der Waals surface area contributed by atoms with Gasteiger partial charge in [-0.25, -0.2) is 4.39 Å². The zero-order valence-corrected chi connectivity index (χ0v) is 15.1. The number of carbonyl (C=O) groups is 1. The number of carbonyl (C=O) groups excluding carboxylic acids is 1. The fourth-order valence-electron chi connectivity index (χ4n) is 2.52. The van der Waals surface area contributed by atoms with Gasteiger partial charge in [0, 0.05) is 13.2 Å². The van der Waals surface area contributed by atoms with Crippen molar-refractivity contribution in [1.82, 2.24) is 19.6 Å². The van der Waals surface area contributed by atoms with Crippen molar-refractivity contribution >= 4 is 29.0 Å². The van der Waals surface area contributed by atoms with Crippen molar-refractivity contribution in [3.63, 3.8) is 0 Å². The summed E-state index contributed by atoms with van der Waals surface area (Å²) in [4.78, 5) is 23.0. The van der Waals surface area contributed by atoms with Gasteiger partial charge in [0.15, 0.2) is 5.82 Å². The number of halogens is 2. The van der Waals surface area contributed by atoms with Crippen LogP contribution in [0.3, 0.4) is 0 Å². The highest BCUT2D eigenvalue weighted by Gasteiger charge is 2.29. The van der Waals surface area contributed by atoms with E-state index in [4.69, 9.17) is 11.6 Å². The first-order valence-corrected chi connectivity index (χ1v) is 8.10. The van der Waals surface area contributed by atoms with Crippen LogP contribution in [0.4, 0.5) is 15.9 Å². The molecule has 3 aromatic rings. The molecule has 0 saturated carbocycles. The molecule has 0 atom stereocenters. The van der Waals surface area contributed by atoms with Crippen molar-refractivity contribution in [2.75, 3.05) is 5.32 Å². The lowest BCUT2D eigenvalue weighted by molar-refractivity contribution is -0.385. The molecule has 0 aliphatic rings. The first kappa shape index (κ1) is 18.5. The summed E-state index contributed by atoms with van der Waals surface area (Å²) in [7, 11) is 1.50. The minimum Gasteiger partial charge on any atom is -0.302 e. The number of hydrogen-bond acceptors (Lipinski definition) is 5. The summed E-state index contributed by atoms with van der Waals surface area (Å²) in [6, 6.07) is 5.97. The maximum absolute atomic E-state index is 13.3. The Hall–Kier alpha value is -3.27. The van der Waals surface area contributed by atoms with Gasteiger partial charge in [-0.1, -0.05) is 23.7 Å². The molecular formula is C16H14ClFN6O3. The summed E-state index contributed by atoms with van der Waals surface area (Å²) in [5.74, 6) is -1.16. The van der Waals surface area contributed by atoms with Crippen LogP contribution in [0.15, 0.2) is 30.5 Å². The van der Waals surface area contributed by atoms with E-state index in [1.54, 1.807) is 12.1 Å². The lowest BCUT2D eigenvalue weighted by atomic mass is 10.2. The maximum Gasteiger partial charge on any atom is 0.322 e. The van der Waals surface area contributed by atoms with Crippen molar-refractivity contribution in [1.29, 1.82) is 0 Å². The lowest BCUT2D eigenvalue weighted by Gasteiger charge is -2.02. The fourth-order valence-corrected chi connectivity index (χ4v) is 2.72. The van der Waals surface area contributed by atoms with E-state index >= 15 is 0 Å². The summed E-state index contributed by atoms with van der Waals surface area (Å²) in [5, 5.41) is 21.8. The fraction of sp³-hybridized carbons (Fsp3) is 0.188. The molecule has 1 N–H and O–H groups in total. The topological polar surface area (TPSA) is 108 Å².